The molecule has 2 aliphatic heterocycles. The summed E-state index contributed by atoms with van der Waals surface area (Å²) in [5.74, 6) is -0.807. The Labute approximate surface area is 168 Å². The van der Waals surface area contributed by atoms with Crippen LogP contribution in [-0.2, 0) is 9.59 Å². The van der Waals surface area contributed by atoms with Gasteiger partial charge in [-0.15, -0.1) is 0 Å². The second kappa shape index (κ2) is 7.67. The minimum atomic E-state index is -0.963. The molecule has 7 heteroatoms. The van der Waals surface area contributed by atoms with E-state index in [-0.39, 0.29) is 30.8 Å². The van der Waals surface area contributed by atoms with Crippen molar-refractivity contribution in [3.63, 3.8) is 0 Å². The Morgan fingerprint density at radius 3 is 2.34 bits per heavy atom. The molecule has 0 spiro atoms. The molecule has 2 aliphatic rings. The number of hydrogen-bond acceptors (Lipinski definition) is 4. The van der Waals surface area contributed by atoms with Crippen LogP contribution in [0.5, 0.6) is 0 Å². The Morgan fingerprint density at radius 1 is 1.03 bits per heavy atom. The largest absolute Gasteiger partial charge is 0.391 e. The van der Waals surface area contributed by atoms with Crippen molar-refractivity contribution in [1.82, 2.24) is 15.1 Å². The first-order chi connectivity index (χ1) is 14.0. The summed E-state index contributed by atoms with van der Waals surface area (Å²) in [4.78, 5) is 41.0. The fourth-order valence-corrected chi connectivity index (χ4v) is 3.89. The van der Waals surface area contributed by atoms with E-state index in [0.717, 1.165) is 11.1 Å². The molecular formula is C22H23N3O4. The average Bonchev–Trinajstić information content (AvgIpc) is 2.76. The zero-order valence-electron chi connectivity index (χ0n) is 16.1. The molecule has 2 fully saturated rings. The molecule has 0 unspecified atom stereocenters. The maximum absolute atomic E-state index is 12.9. The van der Waals surface area contributed by atoms with Gasteiger partial charge in [-0.05, 0) is 30.2 Å². The standard InChI is InChI=1S/C22H23N3O4/c1-14(26)19-22(29)25-12-11-24(13-18(25)20(27)23-19)21(28)17-9-7-16(8-10-17)15-5-3-2-4-6-15/h2-10,14,18-19,26H,11-13H2,1H3,(H,23,27)/t14-,18-,19+/m1/s1. The molecule has 150 valence electrons. The fourth-order valence-electron chi connectivity index (χ4n) is 3.89. The molecule has 0 aromatic heterocycles. The molecule has 3 atom stereocenters. The molecule has 2 saturated heterocycles. The molecule has 0 saturated carbocycles. The number of carbonyl (C=O) groups excluding carboxylic acids is 3. The van der Waals surface area contributed by atoms with Crippen molar-refractivity contribution in [2.75, 3.05) is 19.6 Å². The van der Waals surface area contributed by atoms with Gasteiger partial charge in [-0.2, -0.15) is 0 Å². The van der Waals surface area contributed by atoms with Gasteiger partial charge in [0.05, 0.1) is 12.6 Å². The smallest absolute Gasteiger partial charge is 0.253 e. The van der Waals surface area contributed by atoms with Gasteiger partial charge in [-0.1, -0.05) is 42.5 Å². The summed E-state index contributed by atoms with van der Waals surface area (Å²) in [5, 5.41) is 12.3. The van der Waals surface area contributed by atoms with Crippen LogP contribution in [0.2, 0.25) is 0 Å². The van der Waals surface area contributed by atoms with E-state index in [1.54, 1.807) is 17.0 Å². The molecule has 3 amide bonds. The SMILES string of the molecule is C[C@@H](O)[C@@H]1NC(=O)[C@H]2CN(C(=O)c3ccc(-c4ccccc4)cc3)CCN2C1=O. The van der Waals surface area contributed by atoms with Gasteiger partial charge in [0, 0.05) is 18.7 Å². The highest BCUT2D eigenvalue weighted by Gasteiger charge is 2.45. The third-order valence-electron chi connectivity index (χ3n) is 5.54. The van der Waals surface area contributed by atoms with E-state index in [1.807, 2.05) is 42.5 Å². The van der Waals surface area contributed by atoms with Crippen LogP contribution in [0.1, 0.15) is 17.3 Å². The van der Waals surface area contributed by atoms with Gasteiger partial charge >= 0.3 is 0 Å². The zero-order chi connectivity index (χ0) is 20.5. The predicted octanol–water partition coefficient (Wildman–Crippen LogP) is 0.886. The third-order valence-corrected chi connectivity index (χ3v) is 5.54. The fraction of sp³-hybridized carbons (Fsp3) is 0.318. The number of nitrogens with one attached hydrogen (secondary N) is 1. The normalized spacial score (nSPS) is 22.7. The van der Waals surface area contributed by atoms with Crippen molar-refractivity contribution in [2.45, 2.75) is 25.1 Å². The Kier molecular flexibility index (Phi) is 5.07. The van der Waals surface area contributed by atoms with Crippen LogP contribution in [0.4, 0.5) is 0 Å². The van der Waals surface area contributed by atoms with E-state index >= 15 is 0 Å². The van der Waals surface area contributed by atoms with Crippen molar-refractivity contribution >= 4 is 17.7 Å². The van der Waals surface area contributed by atoms with Crippen molar-refractivity contribution in [2.24, 2.45) is 0 Å². The van der Waals surface area contributed by atoms with Gasteiger partial charge in [0.25, 0.3) is 5.91 Å². The van der Waals surface area contributed by atoms with Gasteiger partial charge in [-0.3, -0.25) is 14.4 Å². The van der Waals surface area contributed by atoms with Crippen LogP contribution >= 0.6 is 0 Å². The van der Waals surface area contributed by atoms with E-state index in [9.17, 15) is 19.5 Å². The number of piperazine rings is 2. The summed E-state index contributed by atoms with van der Waals surface area (Å²) < 4.78 is 0. The lowest BCUT2D eigenvalue weighted by Gasteiger charge is -2.45. The minimum Gasteiger partial charge on any atom is -0.391 e. The molecule has 7 nitrogen and oxygen atoms in total. The van der Waals surface area contributed by atoms with Crippen molar-refractivity contribution in [3.05, 3.63) is 60.2 Å². The maximum atomic E-state index is 12.9. The Bertz CT molecular complexity index is 927. The highest BCUT2D eigenvalue weighted by Crippen LogP contribution is 2.22. The van der Waals surface area contributed by atoms with Crippen molar-refractivity contribution < 1.29 is 19.5 Å². The van der Waals surface area contributed by atoms with E-state index in [0.29, 0.717) is 12.1 Å². The van der Waals surface area contributed by atoms with Crippen molar-refractivity contribution in [1.29, 1.82) is 0 Å². The maximum Gasteiger partial charge on any atom is 0.253 e. The first-order valence-corrected chi connectivity index (χ1v) is 9.69. The van der Waals surface area contributed by atoms with E-state index in [4.69, 9.17) is 0 Å². The lowest BCUT2D eigenvalue weighted by molar-refractivity contribution is -0.155. The molecule has 0 radical (unpaired) electrons. The van der Waals surface area contributed by atoms with Crippen molar-refractivity contribution in [3.8, 4) is 11.1 Å². The number of amides is 3. The van der Waals surface area contributed by atoms with Crippen LogP contribution in [0, 0.1) is 0 Å². The quantitative estimate of drug-likeness (QED) is 0.810. The highest BCUT2D eigenvalue weighted by molar-refractivity contribution is 5.99. The molecule has 2 N–H and O–H groups in total. The van der Waals surface area contributed by atoms with Crippen LogP contribution in [0.25, 0.3) is 11.1 Å². The van der Waals surface area contributed by atoms with Crippen LogP contribution < -0.4 is 5.32 Å². The minimum absolute atomic E-state index is 0.142. The number of nitrogens with zero attached hydrogens (tertiary/aromatic N) is 2. The topological polar surface area (TPSA) is 89.9 Å². The highest BCUT2D eigenvalue weighted by atomic mass is 16.3. The number of aliphatic hydroxyl groups excluding tert-OH is 1. The van der Waals surface area contributed by atoms with E-state index in [2.05, 4.69) is 5.32 Å². The number of fused-ring (bicyclic) bond motifs is 1. The summed E-state index contributed by atoms with van der Waals surface area (Å²) in [7, 11) is 0. The molecule has 29 heavy (non-hydrogen) atoms. The molecule has 2 heterocycles. The summed E-state index contributed by atoms with van der Waals surface area (Å²) >= 11 is 0. The number of aliphatic hydroxyl groups is 1. The van der Waals surface area contributed by atoms with Gasteiger partial charge in [-0.25, -0.2) is 0 Å². The molecule has 0 aliphatic carbocycles. The average molecular weight is 393 g/mol. The summed E-state index contributed by atoms with van der Waals surface area (Å²) in [6.07, 6.45) is -0.963. The molecule has 2 aromatic rings. The summed E-state index contributed by atoms with van der Waals surface area (Å²) in [6, 6.07) is 15.6. The van der Waals surface area contributed by atoms with Crippen LogP contribution in [-0.4, -0.2) is 70.4 Å². The monoisotopic (exact) mass is 393 g/mol. The number of benzene rings is 2. The number of rotatable bonds is 3. The molecule has 0 bridgehead atoms. The summed E-state index contributed by atoms with van der Waals surface area (Å²) in [5.41, 5.74) is 2.64. The molecular weight excluding hydrogens is 370 g/mol. The third kappa shape index (κ3) is 3.61. The van der Waals surface area contributed by atoms with Gasteiger partial charge in [0.15, 0.2) is 0 Å². The van der Waals surface area contributed by atoms with Crippen LogP contribution in [0.15, 0.2) is 54.6 Å². The first-order valence-electron chi connectivity index (χ1n) is 9.69. The van der Waals surface area contributed by atoms with E-state index in [1.165, 1.54) is 11.8 Å². The molecule has 4 rings (SSSR count). The van der Waals surface area contributed by atoms with E-state index < -0.39 is 18.2 Å². The first kappa shape index (κ1) is 19.1. The zero-order valence-corrected chi connectivity index (χ0v) is 16.1. The Balaban J connectivity index is 1.47. The predicted molar refractivity (Wildman–Crippen MR) is 107 cm³/mol. The van der Waals surface area contributed by atoms with Gasteiger partial charge in [0.1, 0.15) is 12.1 Å². The summed E-state index contributed by atoms with van der Waals surface area (Å²) in [6.45, 7) is 2.24. The Hall–Kier alpha value is -3.19. The number of carbonyl (C=O) groups is 3. The van der Waals surface area contributed by atoms with Crippen LogP contribution in [0.3, 0.4) is 0 Å². The second-order valence-corrected chi connectivity index (χ2v) is 7.47. The second-order valence-electron chi connectivity index (χ2n) is 7.47. The van der Waals surface area contributed by atoms with Gasteiger partial charge < -0.3 is 20.2 Å². The lowest BCUT2D eigenvalue weighted by atomic mass is 10.00. The number of hydrogen-bond donors (Lipinski definition) is 2. The lowest BCUT2D eigenvalue weighted by Crippen LogP contribution is -2.71. The Morgan fingerprint density at radius 2 is 1.69 bits per heavy atom. The van der Waals surface area contributed by atoms with Gasteiger partial charge in [0.2, 0.25) is 11.8 Å². The molecule has 2 aromatic carbocycles.